The van der Waals surface area contributed by atoms with E-state index in [1.807, 2.05) is 0 Å². The zero-order valence-electron chi connectivity index (χ0n) is 19.6. The van der Waals surface area contributed by atoms with E-state index >= 15 is 0 Å². The Morgan fingerprint density at radius 1 is 1.00 bits per heavy atom. The summed E-state index contributed by atoms with van der Waals surface area (Å²) in [4.78, 5) is 14.6. The minimum Gasteiger partial charge on any atom is -0.356 e. The molecule has 2 aromatic heterocycles. The average molecular weight is 431 g/mol. The summed E-state index contributed by atoms with van der Waals surface area (Å²) < 4.78 is 2.17. The number of aromatic nitrogens is 4. The van der Waals surface area contributed by atoms with E-state index in [2.05, 4.69) is 76.8 Å². The summed E-state index contributed by atoms with van der Waals surface area (Å²) in [5.41, 5.74) is 6.13. The first-order valence-electron chi connectivity index (χ1n) is 12.1. The molecule has 0 radical (unpaired) electrons. The van der Waals surface area contributed by atoms with Crippen molar-refractivity contribution in [3.8, 4) is 5.69 Å². The van der Waals surface area contributed by atoms with Gasteiger partial charge in [-0.25, -0.2) is 14.6 Å². The summed E-state index contributed by atoms with van der Waals surface area (Å²) in [5, 5.41) is 5.02. The van der Waals surface area contributed by atoms with Crippen LogP contribution in [0.5, 0.6) is 0 Å². The highest BCUT2D eigenvalue weighted by Crippen LogP contribution is 2.32. The molecule has 1 fully saturated rings. The van der Waals surface area contributed by atoms with Crippen molar-refractivity contribution in [2.24, 2.45) is 0 Å². The highest BCUT2D eigenvalue weighted by molar-refractivity contribution is 5.55. The Kier molecular flexibility index (Phi) is 5.96. The molecule has 0 unspecified atom stereocenters. The first-order valence-corrected chi connectivity index (χ1v) is 12.1. The van der Waals surface area contributed by atoms with E-state index in [4.69, 9.17) is 10.1 Å². The van der Waals surface area contributed by atoms with Crippen LogP contribution in [0.2, 0.25) is 0 Å². The summed E-state index contributed by atoms with van der Waals surface area (Å²) >= 11 is 0. The smallest absolute Gasteiger partial charge is 0.137 e. The fraction of sp³-hybridized carbons (Fsp3) is 0.500. The summed E-state index contributed by atoms with van der Waals surface area (Å²) in [6.07, 6.45) is 6.87. The molecule has 3 aromatic rings. The van der Waals surface area contributed by atoms with Crippen molar-refractivity contribution in [3.05, 3.63) is 64.9 Å². The number of para-hydroxylation sites is 1. The van der Waals surface area contributed by atoms with Crippen LogP contribution in [0.15, 0.2) is 36.5 Å². The lowest BCUT2D eigenvalue weighted by Gasteiger charge is -2.32. The number of nitrogens with zero attached hydrogens (tertiary/aromatic N) is 6. The average Bonchev–Trinajstić information content (AvgIpc) is 3.15. The third kappa shape index (κ3) is 4.16. The second-order valence-electron chi connectivity index (χ2n) is 9.50. The molecule has 0 atom stereocenters. The van der Waals surface area contributed by atoms with Crippen LogP contribution in [0.3, 0.4) is 0 Å². The largest absolute Gasteiger partial charge is 0.356 e. The lowest BCUT2D eigenvalue weighted by atomic mass is 10.0. The Bertz CT molecular complexity index is 1070. The van der Waals surface area contributed by atoms with Crippen LogP contribution in [0, 0.1) is 6.92 Å². The second kappa shape index (κ2) is 9.02. The normalized spacial score (nSPS) is 17.1. The van der Waals surface area contributed by atoms with Gasteiger partial charge in [-0.15, -0.1) is 0 Å². The molecule has 4 heterocycles. The van der Waals surface area contributed by atoms with E-state index in [0.717, 1.165) is 56.4 Å². The summed E-state index contributed by atoms with van der Waals surface area (Å²) in [6.45, 7) is 11.5. The number of rotatable bonds is 5. The topological polar surface area (TPSA) is 50.1 Å². The molecule has 1 aromatic carbocycles. The molecule has 0 bridgehead atoms. The molecule has 1 saturated heterocycles. The van der Waals surface area contributed by atoms with Crippen molar-refractivity contribution in [3.63, 3.8) is 0 Å². The van der Waals surface area contributed by atoms with Gasteiger partial charge in [0.15, 0.2) is 0 Å². The molecule has 2 aliphatic rings. The predicted octanol–water partition coefficient (Wildman–Crippen LogP) is 4.64. The number of hydrogen-bond donors (Lipinski definition) is 0. The van der Waals surface area contributed by atoms with E-state index < -0.39 is 0 Å². The van der Waals surface area contributed by atoms with E-state index in [1.54, 1.807) is 0 Å². The molecule has 0 spiro atoms. The number of anilines is 1. The Hall–Kier alpha value is -2.73. The standard InChI is InChI=1S/C26H34N6/c1-19(2)25-27-16-21-17-30(15-12-24(21)28-25)18-23-20(3)29-32(22-10-6-4-7-11-22)26(23)31-13-8-5-9-14-31/h4,6-7,10-11,16,19H,5,8-9,12-15,17-18H2,1-3H3. The van der Waals surface area contributed by atoms with Crippen molar-refractivity contribution in [2.75, 3.05) is 24.5 Å². The molecule has 6 heteroatoms. The van der Waals surface area contributed by atoms with Crippen LogP contribution in [-0.4, -0.2) is 44.3 Å². The Labute approximate surface area is 191 Å². The fourth-order valence-electron chi connectivity index (χ4n) is 4.94. The van der Waals surface area contributed by atoms with E-state index in [0.29, 0.717) is 5.92 Å². The van der Waals surface area contributed by atoms with Gasteiger partial charge in [-0.05, 0) is 38.3 Å². The first-order chi connectivity index (χ1) is 15.6. The van der Waals surface area contributed by atoms with Gasteiger partial charge < -0.3 is 4.90 Å². The maximum absolute atomic E-state index is 5.02. The lowest BCUT2D eigenvalue weighted by Crippen LogP contribution is -2.34. The van der Waals surface area contributed by atoms with Crippen molar-refractivity contribution >= 4 is 5.82 Å². The minimum absolute atomic E-state index is 0.372. The molecule has 32 heavy (non-hydrogen) atoms. The summed E-state index contributed by atoms with van der Waals surface area (Å²) in [5.74, 6) is 2.62. The molecule has 0 N–H and O–H groups in total. The molecule has 168 valence electrons. The molecule has 5 rings (SSSR count). The summed E-state index contributed by atoms with van der Waals surface area (Å²) in [6, 6.07) is 10.6. The zero-order valence-corrected chi connectivity index (χ0v) is 19.6. The van der Waals surface area contributed by atoms with Crippen molar-refractivity contribution in [2.45, 2.75) is 65.5 Å². The Morgan fingerprint density at radius 2 is 1.78 bits per heavy atom. The third-order valence-electron chi connectivity index (χ3n) is 6.74. The van der Waals surface area contributed by atoms with Crippen LogP contribution < -0.4 is 4.90 Å². The number of piperidine rings is 1. The number of fused-ring (bicyclic) bond motifs is 1. The maximum Gasteiger partial charge on any atom is 0.137 e. The number of benzene rings is 1. The van der Waals surface area contributed by atoms with E-state index in [1.165, 1.54) is 41.9 Å². The van der Waals surface area contributed by atoms with Crippen LogP contribution >= 0.6 is 0 Å². The van der Waals surface area contributed by atoms with Crippen molar-refractivity contribution in [1.82, 2.24) is 24.6 Å². The molecule has 2 aliphatic heterocycles. The van der Waals surface area contributed by atoms with Gasteiger partial charge in [0.05, 0.1) is 11.4 Å². The Balaban J connectivity index is 1.45. The van der Waals surface area contributed by atoms with Gasteiger partial charge in [0.25, 0.3) is 0 Å². The molecular formula is C26H34N6. The molecule has 0 saturated carbocycles. The highest BCUT2D eigenvalue weighted by Gasteiger charge is 2.26. The van der Waals surface area contributed by atoms with Crippen LogP contribution in [0.4, 0.5) is 5.82 Å². The quantitative estimate of drug-likeness (QED) is 0.590. The van der Waals surface area contributed by atoms with Gasteiger partial charge in [-0.2, -0.15) is 5.10 Å². The lowest BCUT2D eigenvalue weighted by molar-refractivity contribution is 0.242. The second-order valence-corrected chi connectivity index (χ2v) is 9.50. The maximum atomic E-state index is 5.02. The van der Waals surface area contributed by atoms with Gasteiger partial charge >= 0.3 is 0 Å². The molecule has 0 amide bonds. The van der Waals surface area contributed by atoms with Gasteiger partial charge in [0.2, 0.25) is 0 Å². The van der Waals surface area contributed by atoms with Crippen LogP contribution in [0.25, 0.3) is 5.69 Å². The predicted molar refractivity (Wildman–Crippen MR) is 128 cm³/mol. The van der Waals surface area contributed by atoms with Crippen molar-refractivity contribution < 1.29 is 0 Å². The first kappa shape index (κ1) is 21.1. The molecular weight excluding hydrogens is 396 g/mol. The number of hydrogen-bond acceptors (Lipinski definition) is 5. The minimum atomic E-state index is 0.372. The highest BCUT2D eigenvalue weighted by atomic mass is 15.4. The van der Waals surface area contributed by atoms with Gasteiger partial charge in [0, 0.05) is 68.1 Å². The molecule has 6 nitrogen and oxygen atoms in total. The van der Waals surface area contributed by atoms with E-state index in [9.17, 15) is 0 Å². The van der Waals surface area contributed by atoms with Gasteiger partial charge in [0.1, 0.15) is 11.6 Å². The monoisotopic (exact) mass is 430 g/mol. The number of aryl methyl sites for hydroxylation is 1. The third-order valence-corrected chi connectivity index (χ3v) is 6.74. The molecule has 0 aliphatic carbocycles. The Morgan fingerprint density at radius 3 is 2.53 bits per heavy atom. The van der Waals surface area contributed by atoms with Crippen LogP contribution in [0.1, 0.15) is 67.4 Å². The van der Waals surface area contributed by atoms with Gasteiger partial charge in [-0.3, -0.25) is 4.90 Å². The van der Waals surface area contributed by atoms with E-state index in [-0.39, 0.29) is 0 Å². The fourth-order valence-corrected chi connectivity index (χ4v) is 4.94. The van der Waals surface area contributed by atoms with Crippen LogP contribution in [-0.2, 0) is 19.5 Å². The zero-order chi connectivity index (χ0) is 22.1. The van der Waals surface area contributed by atoms with Gasteiger partial charge in [-0.1, -0.05) is 32.0 Å². The summed E-state index contributed by atoms with van der Waals surface area (Å²) in [7, 11) is 0. The van der Waals surface area contributed by atoms with Crippen molar-refractivity contribution in [1.29, 1.82) is 0 Å². The SMILES string of the molecule is Cc1nn(-c2ccccc2)c(N2CCCCC2)c1CN1CCc2nc(C(C)C)ncc2C1.